The Morgan fingerprint density at radius 2 is 2.13 bits per heavy atom. The highest BCUT2D eigenvalue weighted by molar-refractivity contribution is 7.84. The number of nitrogens with two attached hydrogens (primary N) is 1. The number of fused-ring (bicyclic) bond motifs is 1. The van der Waals surface area contributed by atoms with Crippen molar-refractivity contribution < 1.29 is 22.5 Å². The summed E-state index contributed by atoms with van der Waals surface area (Å²) in [6, 6.07) is 5.12. The zero-order valence-electron chi connectivity index (χ0n) is 19.8. The van der Waals surface area contributed by atoms with Crippen molar-refractivity contribution in [2.45, 2.75) is 37.3 Å². The predicted octanol–water partition coefficient (Wildman–Crippen LogP) is 3.19. The summed E-state index contributed by atoms with van der Waals surface area (Å²) in [6.45, 7) is 0.498. The maximum atomic E-state index is 13.6. The van der Waals surface area contributed by atoms with E-state index in [2.05, 4.69) is 29.8 Å². The molecule has 3 aromatic rings. The van der Waals surface area contributed by atoms with Crippen LogP contribution in [0.15, 0.2) is 30.7 Å². The van der Waals surface area contributed by atoms with Crippen LogP contribution in [0.3, 0.4) is 0 Å². The number of nitrogens with zero attached hydrogens (tertiary/aromatic N) is 3. The van der Waals surface area contributed by atoms with Crippen LogP contribution in [0.1, 0.15) is 51.7 Å². The average Bonchev–Trinajstić information content (AvgIpc) is 3.43. The summed E-state index contributed by atoms with van der Waals surface area (Å²) in [5, 5.41) is 22.1. The minimum atomic E-state index is -4.11. The van der Waals surface area contributed by atoms with Crippen molar-refractivity contribution in [2.75, 3.05) is 23.8 Å². The van der Waals surface area contributed by atoms with Gasteiger partial charge < -0.3 is 15.7 Å². The van der Waals surface area contributed by atoms with Gasteiger partial charge >= 0.3 is 10.3 Å². The van der Waals surface area contributed by atoms with Crippen LogP contribution in [0.25, 0.3) is 0 Å². The zero-order valence-corrected chi connectivity index (χ0v) is 22.9. The van der Waals surface area contributed by atoms with E-state index in [9.17, 15) is 18.3 Å². The average molecular weight is 600 g/mol. The summed E-state index contributed by atoms with van der Waals surface area (Å²) >= 11 is 14.0. The molecule has 4 atom stereocenters. The Bertz CT molecular complexity index is 1470. The molecule has 0 unspecified atom stereocenters. The summed E-state index contributed by atoms with van der Waals surface area (Å²) in [4.78, 5) is 26.8. The van der Waals surface area contributed by atoms with Gasteiger partial charge in [0.25, 0.3) is 0 Å². The van der Waals surface area contributed by atoms with E-state index in [0.717, 1.165) is 29.9 Å². The Morgan fingerprint density at radius 3 is 2.92 bits per heavy atom. The molecule has 0 amide bonds. The molecule has 0 aromatic carbocycles. The Kier molecular flexibility index (Phi) is 7.87. The fraction of sp³-hybridized carbons (Fsp3) is 0.391. The van der Waals surface area contributed by atoms with Gasteiger partial charge in [0.05, 0.1) is 38.9 Å². The molecular formula is C23H24Cl2N6O5S2. The Labute approximate surface area is 233 Å². The summed E-state index contributed by atoms with van der Waals surface area (Å²) < 4.78 is 27.4. The Morgan fingerprint density at radius 1 is 1.32 bits per heavy atom. The number of halogens is 2. The molecule has 4 heterocycles. The monoisotopic (exact) mass is 598 g/mol. The van der Waals surface area contributed by atoms with Crippen LogP contribution in [-0.2, 0) is 14.5 Å². The number of pyridine rings is 1. The van der Waals surface area contributed by atoms with Crippen LogP contribution in [0.2, 0.25) is 9.49 Å². The van der Waals surface area contributed by atoms with Crippen molar-refractivity contribution in [3.05, 3.63) is 61.9 Å². The fourth-order valence-electron chi connectivity index (χ4n) is 4.91. The van der Waals surface area contributed by atoms with Gasteiger partial charge in [-0.2, -0.15) is 8.42 Å². The van der Waals surface area contributed by atoms with Crippen molar-refractivity contribution >= 4 is 62.1 Å². The van der Waals surface area contributed by atoms with Gasteiger partial charge in [0.15, 0.2) is 0 Å². The molecule has 0 radical (unpaired) electrons. The number of hydrogen-bond donors (Lipinski definition) is 4. The summed E-state index contributed by atoms with van der Waals surface area (Å²) in [7, 11) is -4.11. The van der Waals surface area contributed by atoms with Crippen LogP contribution in [-0.4, -0.2) is 59.6 Å². The molecule has 2 aliphatic rings. The third kappa shape index (κ3) is 5.93. The van der Waals surface area contributed by atoms with Gasteiger partial charge in [0.1, 0.15) is 17.3 Å². The lowest BCUT2D eigenvalue weighted by molar-refractivity contribution is 0.101. The van der Waals surface area contributed by atoms with Crippen molar-refractivity contribution in [3.8, 4) is 0 Å². The fourth-order valence-corrected chi connectivity index (χ4v) is 6.76. The molecule has 11 nitrogen and oxygen atoms in total. The van der Waals surface area contributed by atoms with E-state index in [-0.39, 0.29) is 29.9 Å². The van der Waals surface area contributed by atoms with E-state index in [1.807, 2.05) is 6.07 Å². The molecule has 3 aromatic heterocycles. The van der Waals surface area contributed by atoms with Crippen molar-refractivity contribution in [1.82, 2.24) is 15.0 Å². The molecule has 0 saturated heterocycles. The number of anilines is 2. The standard InChI is InChI=1S/C23H24Cl2N6O5S2/c24-19-2-1-16-20(31-19)13(3-4-28-16)14-7-18(37-22(14)25)21(33)15-8-27-10-29-23(15)30-12-5-11(17(32)6-12)9-36-38(26,34)35/h1-2,7-8,10-13,17,28,32H,3-6,9H2,(H2,26,34,35)(H,27,29,30)/t11-,12-,13+,17+/m1/s1. The van der Waals surface area contributed by atoms with E-state index in [1.54, 1.807) is 12.1 Å². The van der Waals surface area contributed by atoms with Crippen LogP contribution in [0.4, 0.5) is 11.5 Å². The largest absolute Gasteiger partial charge is 0.393 e. The third-order valence-corrected chi connectivity index (χ3v) is 8.75. The van der Waals surface area contributed by atoms with Crippen molar-refractivity contribution in [2.24, 2.45) is 11.1 Å². The molecule has 5 rings (SSSR count). The molecule has 1 aliphatic carbocycles. The molecular weight excluding hydrogens is 575 g/mol. The van der Waals surface area contributed by atoms with E-state index < -0.39 is 22.3 Å². The summed E-state index contributed by atoms with van der Waals surface area (Å²) in [5.41, 5.74) is 2.73. The Balaban J connectivity index is 1.35. The van der Waals surface area contributed by atoms with Crippen molar-refractivity contribution in [3.63, 3.8) is 0 Å². The van der Waals surface area contributed by atoms with E-state index in [0.29, 0.717) is 33.0 Å². The number of ketones is 1. The van der Waals surface area contributed by atoms with Crippen LogP contribution in [0, 0.1) is 5.92 Å². The Hall–Kier alpha value is -2.39. The van der Waals surface area contributed by atoms with Crippen LogP contribution < -0.4 is 15.8 Å². The normalized spacial score (nSPS) is 23.1. The van der Waals surface area contributed by atoms with Gasteiger partial charge in [-0.05, 0) is 43.0 Å². The number of aromatic nitrogens is 3. The second kappa shape index (κ2) is 11.0. The number of aliphatic hydroxyl groups is 1. The SMILES string of the molecule is NS(=O)(=O)OC[C@H]1C[C@@H](Nc2ncncc2C(=O)c2cc([C@@H]3CCNc4ccc(Cl)nc43)c(Cl)s2)C[C@@H]1O. The predicted molar refractivity (Wildman–Crippen MR) is 144 cm³/mol. The molecule has 202 valence electrons. The molecule has 38 heavy (non-hydrogen) atoms. The van der Waals surface area contributed by atoms with Crippen molar-refractivity contribution in [1.29, 1.82) is 0 Å². The summed E-state index contributed by atoms with van der Waals surface area (Å²) in [5.74, 6) is -0.550. The molecule has 0 bridgehead atoms. The maximum Gasteiger partial charge on any atom is 0.333 e. The molecule has 1 aliphatic heterocycles. The number of carbonyl (C=O) groups excluding carboxylic acids is 1. The molecule has 1 saturated carbocycles. The van der Waals surface area contributed by atoms with E-state index in [1.165, 1.54) is 23.9 Å². The third-order valence-electron chi connectivity index (χ3n) is 6.68. The summed E-state index contributed by atoms with van der Waals surface area (Å²) in [6.07, 6.45) is 3.40. The topological polar surface area (TPSA) is 169 Å². The lowest BCUT2D eigenvalue weighted by Crippen LogP contribution is -2.24. The van der Waals surface area contributed by atoms with Crippen LogP contribution in [0.5, 0.6) is 0 Å². The van der Waals surface area contributed by atoms with Gasteiger partial charge in [-0.1, -0.05) is 23.2 Å². The number of thiophene rings is 1. The van der Waals surface area contributed by atoms with E-state index >= 15 is 0 Å². The number of nitrogens with one attached hydrogen (secondary N) is 2. The molecule has 1 fully saturated rings. The second-order valence-corrected chi connectivity index (χ2v) is 12.5. The lowest BCUT2D eigenvalue weighted by atomic mass is 9.90. The first-order valence-corrected chi connectivity index (χ1v) is 14.8. The number of hydrogen-bond acceptors (Lipinski definition) is 11. The first kappa shape index (κ1) is 27.2. The smallest absolute Gasteiger partial charge is 0.333 e. The molecule has 15 heteroatoms. The quantitative estimate of drug-likeness (QED) is 0.223. The highest BCUT2D eigenvalue weighted by atomic mass is 35.5. The van der Waals surface area contributed by atoms with Gasteiger partial charge in [-0.15, -0.1) is 11.3 Å². The zero-order chi connectivity index (χ0) is 27.0. The van der Waals surface area contributed by atoms with Gasteiger partial charge in [-0.25, -0.2) is 20.1 Å². The number of rotatable bonds is 8. The van der Waals surface area contributed by atoms with Gasteiger partial charge in [-0.3, -0.25) is 8.98 Å². The highest BCUT2D eigenvalue weighted by Gasteiger charge is 2.35. The first-order valence-electron chi connectivity index (χ1n) is 11.7. The minimum absolute atomic E-state index is 0.115. The van der Waals surface area contributed by atoms with Gasteiger partial charge in [0.2, 0.25) is 5.78 Å². The maximum absolute atomic E-state index is 13.6. The van der Waals surface area contributed by atoms with Gasteiger partial charge in [0, 0.05) is 30.6 Å². The molecule has 5 N–H and O–H groups in total. The minimum Gasteiger partial charge on any atom is -0.393 e. The lowest BCUT2D eigenvalue weighted by Gasteiger charge is -2.25. The number of carbonyl (C=O) groups is 1. The van der Waals surface area contributed by atoms with Crippen LogP contribution >= 0.6 is 34.5 Å². The molecule has 0 spiro atoms. The van der Waals surface area contributed by atoms with E-state index in [4.69, 9.17) is 28.3 Å². The number of aliphatic hydroxyl groups excluding tert-OH is 1. The highest BCUT2D eigenvalue weighted by Crippen LogP contribution is 2.43. The first-order chi connectivity index (χ1) is 18.1. The second-order valence-electron chi connectivity index (χ2n) is 9.21.